The number of thiazole rings is 1. The van der Waals surface area contributed by atoms with Crippen molar-refractivity contribution >= 4 is 22.4 Å². The van der Waals surface area contributed by atoms with Crippen LogP contribution in [0.3, 0.4) is 0 Å². The largest absolute Gasteiger partial charge is 0.486 e. The molecule has 132 valence electrons. The van der Waals surface area contributed by atoms with Gasteiger partial charge in [0, 0.05) is 12.4 Å². The van der Waals surface area contributed by atoms with Crippen LogP contribution in [0.4, 0.5) is 4.39 Å². The molecule has 0 aliphatic rings. The third-order valence-corrected chi connectivity index (χ3v) is 4.70. The van der Waals surface area contributed by atoms with Crippen LogP contribution in [0.15, 0.2) is 47.0 Å². The van der Waals surface area contributed by atoms with Gasteiger partial charge in [0.15, 0.2) is 5.65 Å². The van der Waals surface area contributed by atoms with Gasteiger partial charge in [-0.2, -0.15) is 5.10 Å². The fraction of sp³-hybridized carbons (Fsp3) is 0.176. The van der Waals surface area contributed by atoms with Crippen molar-refractivity contribution in [3.05, 3.63) is 69.0 Å². The molecule has 0 saturated heterocycles. The van der Waals surface area contributed by atoms with E-state index in [9.17, 15) is 9.18 Å². The second-order valence-corrected chi connectivity index (χ2v) is 6.60. The van der Waals surface area contributed by atoms with Crippen molar-refractivity contribution in [3.63, 3.8) is 0 Å². The Hall–Kier alpha value is -3.07. The fourth-order valence-corrected chi connectivity index (χ4v) is 3.21. The molecule has 0 bridgehead atoms. The van der Waals surface area contributed by atoms with Crippen molar-refractivity contribution < 1.29 is 9.13 Å². The van der Waals surface area contributed by atoms with Gasteiger partial charge in [-0.1, -0.05) is 0 Å². The van der Waals surface area contributed by atoms with Crippen LogP contribution in [0.2, 0.25) is 0 Å². The highest BCUT2D eigenvalue weighted by Crippen LogP contribution is 2.16. The molecule has 4 aromatic rings. The van der Waals surface area contributed by atoms with Crippen molar-refractivity contribution in [2.45, 2.75) is 13.2 Å². The summed E-state index contributed by atoms with van der Waals surface area (Å²) in [6, 6.07) is 5.82. The molecule has 26 heavy (non-hydrogen) atoms. The van der Waals surface area contributed by atoms with Crippen LogP contribution in [-0.2, 0) is 20.2 Å². The maximum Gasteiger partial charge on any atom is 0.264 e. The van der Waals surface area contributed by atoms with E-state index < -0.39 is 0 Å². The zero-order chi connectivity index (χ0) is 18.1. The number of hydrogen-bond acceptors (Lipinski definition) is 6. The minimum Gasteiger partial charge on any atom is -0.486 e. The lowest BCUT2D eigenvalue weighted by atomic mass is 10.3. The van der Waals surface area contributed by atoms with E-state index in [1.165, 1.54) is 40.6 Å². The zero-order valence-electron chi connectivity index (χ0n) is 13.8. The Balaban J connectivity index is 1.47. The molecule has 0 spiro atoms. The SMILES string of the molecule is Cn1ncc2c(=O)n(Cc3csc(COc4ccc(F)cc4)n3)cnc21. The van der Waals surface area contributed by atoms with Gasteiger partial charge in [-0.15, -0.1) is 11.3 Å². The van der Waals surface area contributed by atoms with Crippen molar-refractivity contribution in [1.29, 1.82) is 0 Å². The van der Waals surface area contributed by atoms with Crippen LogP contribution in [0.25, 0.3) is 11.0 Å². The maximum absolute atomic E-state index is 12.9. The van der Waals surface area contributed by atoms with Crippen LogP contribution in [0.1, 0.15) is 10.7 Å². The van der Waals surface area contributed by atoms with Gasteiger partial charge in [-0.25, -0.2) is 14.4 Å². The topological polar surface area (TPSA) is 74.8 Å². The molecule has 7 nitrogen and oxygen atoms in total. The highest BCUT2D eigenvalue weighted by atomic mass is 32.1. The predicted octanol–water partition coefficient (Wildman–Crippen LogP) is 2.35. The molecule has 4 rings (SSSR count). The molecule has 0 saturated carbocycles. The van der Waals surface area contributed by atoms with E-state index in [0.717, 1.165) is 10.7 Å². The summed E-state index contributed by atoms with van der Waals surface area (Å²) in [5.74, 6) is 0.268. The number of ether oxygens (including phenoxy) is 1. The number of aryl methyl sites for hydroxylation is 1. The van der Waals surface area contributed by atoms with Crippen LogP contribution in [-0.4, -0.2) is 24.3 Å². The number of fused-ring (bicyclic) bond motifs is 1. The Labute approximate surface area is 151 Å². The molecule has 0 N–H and O–H groups in total. The lowest BCUT2D eigenvalue weighted by Gasteiger charge is -2.04. The van der Waals surface area contributed by atoms with E-state index in [2.05, 4.69) is 15.1 Å². The van der Waals surface area contributed by atoms with Crippen LogP contribution in [0.5, 0.6) is 5.75 Å². The number of benzene rings is 1. The second kappa shape index (κ2) is 6.68. The average molecular weight is 371 g/mol. The smallest absolute Gasteiger partial charge is 0.264 e. The van der Waals surface area contributed by atoms with E-state index in [-0.39, 0.29) is 18.0 Å². The van der Waals surface area contributed by atoms with Gasteiger partial charge in [-0.3, -0.25) is 14.0 Å². The van der Waals surface area contributed by atoms with Crippen molar-refractivity contribution in [2.24, 2.45) is 7.05 Å². The Bertz CT molecular complexity index is 1120. The Morgan fingerprint density at radius 1 is 1.27 bits per heavy atom. The minimum absolute atomic E-state index is 0.153. The van der Waals surface area contributed by atoms with E-state index in [0.29, 0.717) is 23.3 Å². The van der Waals surface area contributed by atoms with E-state index in [1.807, 2.05) is 5.38 Å². The first kappa shape index (κ1) is 16.4. The summed E-state index contributed by atoms with van der Waals surface area (Å²) < 4.78 is 21.5. The summed E-state index contributed by atoms with van der Waals surface area (Å²) in [6.45, 7) is 0.606. The first-order valence-corrected chi connectivity index (χ1v) is 8.67. The Morgan fingerprint density at radius 3 is 2.88 bits per heavy atom. The molecule has 0 fully saturated rings. The van der Waals surface area contributed by atoms with Gasteiger partial charge in [0.2, 0.25) is 0 Å². The van der Waals surface area contributed by atoms with Crippen LogP contribution < -0.4 is 10.3 Å². The van der Waals surface area contributed by atoms with Crippen molar-refractivity contribution in [1.82, 2.24) is 24.3 Å². The number of halogens is 1. The normalized spacial score (nSPS) is 11.2. The second-order valence-electron chi connectivity index (χ2n) is 5.66. The Kier molecular flexibility index (Phi) is 4.21. The zero-order valence-corrected chi connectivity index (χ0v) is 14.6. The molecule has 9 heteroatoms. The molecule has 3 heterocycles. The molecule has 0 radical (unpaired) electrons. The third kappa shape index (κ3) is 3.21. The number of aromatic nitrogens is 5. The lowest BCUT2D eigenvalue weighted by molar-refractivity contribution is 0.305. The maximum atomic E-state index is 12.9. The fourth-order valence-electron chi connectivity index (χ4n) is 2.52. The molecule has 3 aromatic heterocycles. The monoisotopic (exact) mass is 371 g/mol. The lowest BCUT2D eigenvalue weighted by Crippen LogP contribution is -2.21. The van der Waals surface area contributed by atoms with Gasteiger partial charge >= 0.3 is 0 Å². The molecular weight excluding hydrogens is 357 g/mol. The number of nitrogens with zero attached hydrogens (tertiary/aromatic N) is 5. The number of rotatable bonds is 5. The quantitative estimate of drug-likeness (QED) is 0.538. The Morgan fingerprint density at radius 2 is 2.08 bits per heavy atom. The van der Waals surface area contributed by atoms with Crippen LogP contribution >= 0.6 is 11.3 Å². The van der Waals surface area contributed by atoms with Gasteiger partial charge < -0.3 is 4.74 Å². The van der Waals surface area contributed by atoms with E-state index in [4.69, 9.17) is 4.74 Å². The van der Waals surface area contributed by atoms with Crippen LogP contribution in [0, 0.1) is 5.82 Å². The average Bonchev–Trinajstić information content (AvgIpc) is 3.24. The standard InChI is InChI=1S/C17H14FN5O2S/c1-22-16-14(6-20-22)17(24)23(10-19-16)7-12-9-26-15(21-12)8-25-13-4-2-11(18)3-5-13/h2-6,9-10H,7-8H2,1H3. The molecule has 0 aliphatic heterocycles. The summed E-state index contributed by atoms with van der Waals surface area (Å²) in [7, 11) is 1.74. The number of hydrogen-bond donors (Lipinski definition) is 0. The summed E-state index contributed by atoms with van der Waals surface area (Å²) in [6.07, 6.45) is 3.02. The summed E-state index contributed by atoms with van der Waals surface area (Å²) in [4.78, 5) is 21.2. The molecule has 0 atom stereocenters. The summed E-state index contributed by atoms with van der Waals surface area (Å²) >= 11 is 1.44. The van der Waals surface area contributed by atoms with Gasteiger partial charge in [0.1, 0.15) is 34.9 Å². The van der Waals surface area contributed by atoms with Crippen molar-refractivity contribution in [2.75, 3.05) is 0 Å². The highest BCUT2D eigenvalue weighted by Gasteiger charge is 2.10. The molecule has 0 aliphatic carbocycles. The van der Waals surface area contributed by atoms with Gasteiger partial charge in [0.25, 0.3) is 5.56 Å². The minimum atomic E-state index is -0.307. The summed E-state index contributed by atoms with van der Waals surface area (Å²) in [5.41, 5.74) is 1.15. The first-order chi connectivity index (χ1) is 12.6. The van der Waals surface area contributed by atoms with E-state index in [1.54, 1.807) is 23.9 Å². The third-order valence-electron chi connectivity index (χ3n) is 3.83. The van der Waals surface area contributed by atoms with E-state index >= 15 is 0 Å². The summed E-state index contributed by atoms with van der Waals surface area (Å²) in [5, 5.41) is 7.18. The predicted molar refractivity (Wildman–Crippen MR) is 94.7 cm³/mol. The molecule has 0 amide bonds. The highest BCUT2D eigenvalue weighted by molar-refractivity contribution is 7.09. The molecule has 1 aromatic carbocycles. The van der Waals surface area contributed by atoms with Gasteiger partial charge in [-0.05, 0) is 24.3 Å². The van der Waals surface area contributed by atoms with Crippen molar-refractivity contribution in [3.8, 4) is 5.75 Å². The molecular formula is C17H14FN5O2S. The molecule has 0 unspecified atom stereocenters. The first-order valence-electron chi connectivity index (χ1n) is 7.79. The van der Waals surface area contributed by atoms with Gasteiger partial charge in [0.05, 0.1) is 18.4 Å².